The van der Waals surface area contributed by atoms with Gasteiger partial charge in [-0.2, -0.15) is 0 Å². The molecule has 0 unspecified atom stereocenters. The van der Waals surface area contributed by atoms with Gasteiger partial charge in [0.25, 0.3) is 0 Å². The molecule has 0 aromatic heterocycles. The Morgan fingerprint density at radius 3 is 2.72 bits per heavy atom. The van der Waals surface area contributed by atoms with E-state index in [1.54, 1.807) is 18.2 Å². The second-order valence-corrected chi connectivity index (χ2v) is 4.37. The molecular weight excluding hydrogens is 253 g/mol. The molecule has 2 nitrogen and oxygen atoms in total. The molecule has 94 valence electrons. The van der Waals surface area contributed by atoms with E-state index in [0.29, 0.717) is 17.0 Å². The zero-order valence-corrected chi connectivity index (χ0v) is 10.7. The molecular formula is C14H13ClFNO. The Morgan fingerprint density at radius 1 is 1.22 bits per heavy atom. The Hall–Kier alpha value is -1.74. The molecule has 0 amide bonds. The summed E-state index contributed by atoms with van der Waals surface area (Å²) in [5.41, 5.74) is 8.01. The van der Waals surface area contributed by atoms with Gasteiger partial charge in [-0.1, -0.05) is 35.9 Å². The first-order valence-corrected chi connectivity index (χ1v) is 5.88. The lowest BCUT2D eigenvalue weighted by atomic mass is 10.2. The van der Waals surface area contributed by atoms with Crippen molar-refractivity contribution in [1.29, 1.82) is 0 Å². The van der Waals surface area contributed by atoms with Gasteiger partial charge in [0.1, 0.15) is 18.2 Å². The van der Waals surface area contributed by atoms with Crippen LogP contribution in [0.3, 0.4) is 0 Å². The van der Waals surface area contributed by atoms with Crippen molar-refractivity contribution < 1.29 is 9.13 Å². The van der Waals surface area contributed by atoms with Gasteiger partial charge in [-0.25, -0.2) is 4.39 Å². The molecule has 0 aliphatic carbocycles. The van der Waals surface area contributed by atoms with Crippen LogP contribution in [-0.4, -0.2) is 0 Å². The van der Waals surface area contributed by atoms with Gasteiger partial charge in [-0.15, -0.1) is 0 Å². The topological polar surface area (TPSA) is 35.2 Å². The first kappa shape index (κ1) is 12.7. The molecule has 0 saturated heterocycles. The van der Waals surface area contributed by atoms with Gasteiger partial charge in [0.15, 0.2) is 0 Å². The molecule has 0 saturated carbocycles. The zero-order chi connectivity index (χ0) is 13.1. The first-order chi connectivity index (χ1) is 8.59. The average molecular weight is 266 g/mol. The van der Waals surface area contributed by atoms with E-state index in [-0.39, 0.29) is 11.6 Å². The molecule has 0 heterocycles. The predicted octanol–water partition coefficient (Wildman–Crippen LogP) is 3.95. The van der Waals surface area contributed by atoms with Crippen LogP contribution in [0, 0.1) is 12.7 Å². The highest BCUT2D eigenvalue weighted by Gasteiger charge is 2.08. The van der Waals surface area contributed by atoms with Crippen molar-refractivity contribution in [3.8, 4) is 5.75 Å². The zero-order valence-electron chi connectivity index (χ0n) is 9.91. The van der Waals surface area contributed by atoms with Gasteiger partial charge >= 0.3 is 0 Å². The summed E-state index contributed by atoms with van der Waals surface area (Å²) in [6.45, 7) is 2.08. The van der Waals surface area contributed by atoms with Gasteiger partial charge < -0.3 is 10.5 Å². The number of hydrogen-bond donors (Lipinski definition) is 1. The number of ether oxygens (including phenoxy) is 1. The molecule has 0 radical (unpaired) electrons. The Balaban J connectivity index is 2.17. The summed E-state index contributed by atoms with van der Waals surface area (Å²) in [5, 5.41) is 0.0868. The number of nitrogen functional groups attached to an aromatic ring is 1. The first-order valence-electron chi connectivity index (χ1n) is 5.50. The van der Waals surface area contributed by atoms with E-state index in [1.165, 1.54) is 6.07 Å². The minimum Gasteiger partial charge on any atom is -0.487 e. The van der Waals surface area contributed by atoms with Crippen molar-refractivity contribution in [2.45, 2.75) is 13.5 Å². The standard InChI is InChI=1S/C14H13ClFNO/c1-9-4-2-7-12(14(9)17)18-8-10-5-3-6-11(16)13(10)15/h2-7H,8,17H2,1H3. The lowest BCUT2D eigenvalue weighted by Gasteiger charge is -2.11. The van der Waals surface area contributed by atoms with Crippen molar-refractivity contribution in [3.63, 3.8) is 0 Å². The maximum Gasteiger partial charge on any atom is 0.142 e. The number of nitrogens with two attached hydrogens (primary N) is 1. The third-order valence-corrected chi connectivity index (χ3v) is 3.12. The van der Waals surface area contributed by atoms with Crippen LogP contribution in [0.25, 0.3) is 0 Å². The second-order valence-electron chi connectivity index (χ2n) is 3.99. The van der Waals surface area contributed by atoms with E-state index in [2.05, 4.69) is 0 Å². The highest BCUT2D eigenvalue weighted by Crippen LogP contribution is 2.27. The van der Waals surface area contributed by atoms with Crippen LogP contribution in [0.2, 0.25) is 5.02 Å². The second kappa shape index (κ2) is 5.27. The molecule has 0 aliphatic rings. The number of halogens is 2. The van der Waals surface area contributed by atoms with Crippen molar-refractivity contribution in [1.82, 2.24) is 0 Å². The minimum atomic E-state index is -0.449. The van der Waals surface area contributed by atoms with E-state index in [1.807, 2.05) is 19.1 Å². The Kier molecular flexibility index (Phi) is 3.72. The van der Waals surface area contributed by atoms with Gasteiger partial charge in [0, 0.05) is 5.56 Å². The molecule has 0 aliphatic heterocycles. The van der Waals surface area contributed by atoms with Crippen LogP contribution in [0.1, 0.15) is 11.1 Å². The fourth-order valence-corrected chi connectivity index (χ4v) is 1.78. The van der Waals surface area contributed by atoms with Crippen molar-refractivity contribution in [3.05, 3.63) is 58.4 Å². The Labute approximate surface area is 110 Å². The van der Waals surface area contributed by atoms with Crippen LogP contribution in [-0.2, 0) is 6.61 Å². The predicted molar refractivity (Wildman–Crippen MR) is 71.3 cm³/mol. The highest BCUT2D eigenvalue weighted by atomic mass is 35.5. The quantitative estimate of drug-likeness (QED) is 0.853. The van der Waals surface area contributed by atoms with Crippen LogP contribution in [0.15, 0.2) is 36.4 Å². The fraction of sp³-hybridized carbons (Fsp3) is 0.143. The largest absolute Gasteiger partial charge is 0.487 e. The summed E-state index contributed by atoms with van der Waals surface area (Å²) in [4.78, 5) is 0. The van der Waals surface area contributed by atoms with Crippen LogP contribution >= 0.6 is 11.6 Å². The third-order valence-electron chi connectivity index (χ3n) is 2.70. The summed E-state index contributed by atoms with van der Waals surface area (Å²) in [5.74, 6) is 0.130. The normalized spacial score (nSPS) is 10.4. The number of benzene rings is 2. The summed E-state index contributed by atoms with van der Waals surface area (Å²) in [6.07, 6.45) is 0. The summed E-state index contributed by atoms with van der Waals surface area (Å²) < 4.78 is 18.8. The average Bonchev–Trinajstić information content (AvgIpc) is 2.36. The van der Waals surface area contributed by atoms with E-state index in [9.17, 15) is 4.39 Å². The number of hydrogen-bond acceptors (Lipinski definition) is 2. The lowest BCUT2D eigenvalue weighted by Crippen LogP contribution is -2.01. The molecule has 4 heteroatoms. The minimum absolute atomic E-state index is 0.0868. The number of para-hydroxylation sites is 1. The van der Waals surface area contributed by atoms with E-state index in [0.717, 1.165) is 5.56 Å². The van der Waals surface area contributed by atoms with E-state index >= 15 is 0 Å². The third kappa shape index (κ3) is 2.57. The molecule has 0 spiro atoms. The Morgan fingerprint density at radius 2 is 1.94 bits per heavy atom. The Bertz CT molecular complexity index is 520. The monoisotopic (exact) mass is 265 g/mol. The van der Waals surface area contributed by atoms with Crippen molar-refractivity contribution in [2.24, 2.45) is 0 Å². The lowest BCUT2D eigenvalue weighted by molar-refractivity contribution is 0.307. The number of rotatable bonds is 3. The molecule has 2 aromatic rings. The fourth-order valence-electron chi connectivity index (χ4n) is 1.60. The molecule has 18 heavy (non-hydrogen) atoms. The number of aryl methyl sites for hydroxylation is 1. The van der Waals surface area contributed by atoms with Gasteiger partial charge in [0.05, 0.1) is 10.7 Å². The smallest absolute Gasteiger partial charge is 0.142 e. The molecule has 2 N–H and O–H groups in total. The maximum absolute atomic E-state index is 13.2. The highest BCUT2D eigenvalue weighted by molar-refractivity contribution is 6.31. The molecule has 2 aromatic carbocycles. The van der Waals surface area contributed by atoms with Crippen LogP contribution < -0.4 is 10.5 Å². The van der Waals surface area contributed by atoms with Crippen LogP contribution in [0.5, 0.6) is 5.75 Å². The summed E-state index contributed by atoms with van der Waals surface area (Å²) >= 11 is 5.84. The van der Waals surface area contributed by atoms with Gasteiger partial charge in [-0.3, -0.25) is 0 Å². The van der Waals surface area contributed by atoms with E-state index in [4.69, 9.17) is 22.1 Å². The molecule has 0 atom stereocenters. The SMILES string of the molecule is Cc1cccc(OCc2cccc(F)c2Cl)c1N. The molecule has 0 fully saturated rings. The summed E-state index contributed by atoms with van der Waals surface area (Å²) in [6, 6.07) is 10.2. The van der Waals surface area contributed by atoms with E-state index < -0.39 is 5.82 Å². The van der Waals surface area contributed by atoms with Crippen LogP contribution in [0.4, 0.5) is 10.1 Å². The maximum atomic E-state index is 13.2. The van der Waals surface area contributed by atoms with Crippen molar-refractivity contribution in [2.75, 3.05) is 5.73 Å². The molecule has 0 bridgehead atoms. The van der Waals surface area contributed by atoms with Crippen molar-refractivity contribution >= 4 is 17.3 Å². The number of anilines is 1. The van der Waals surface area contributed by atoms with Gasteiger partial charge in [-0.05, 0) is 24.6 Å². The summed E-state index contributed by atoms with van der Waals surface area (Å²) in [7, 11) is 0. The van der Waals surface area contributed by atoms with Gasteiger partial charge in [0.2, 0.25) is 0 Å². The molecule has 2 rings (SSSR count).